The lowest BCUT2D eigenvalue weighted by Crippen LogP contribution is -2.08. The van der Waals surface area contributed by atoms with Crippen molar-refractivity contribution in [1.82, 2.24) is 0 Å². The highest BCUT2D eigenvalue weighted by atomic mass is 32.2. The molecule has 0 aromatic heterocycles. The van der Waals surface area contributed by atoms with Gasteiger partial charge in [-0.15, -0.1) is 0 Å². The van der Waals surface area contributed by atoms with Crippen molar-refractivity contribution in [2.45, 2.75) is 6.61 Å². The molecule has 0 fully saturated rings. The molecule has 8 nitrogen and oxygen atoms in total. The zero-order chi connectivity index (χ0) is 28.9. The van der Waals surface area contributed by atoms with Crippen LogP contribution in [-0.4, -0.2) is 49.3 Å². The standard InChI is InChI=1S/C31H31NO7S/c1-32(2)24-14-11-22(12-15-24)25-18-29(36-3)30(26(19-33)31(25)37-4)23-13-16-27(28(17-23)39-40(5,34)35)38-20-21-9-7-6-8-10-21/h6-19H,20H2,1-5H3. The van der Waals surface area contributed by atoms with Crippen molar-refractivity contribution >= 4 is 22.1 Å². The minimum absolute atomic E-state index is 0.0165. The summed E-state index contributed by atoms with van der Waals surface area (Å²) in [4.78, 5) is 14.5. The number of aldehydes is 1. The Morgan fingerprint density at radius 1 is 0.800 bits per heavy atom. The highest BCUT2D eigenvalue weighted by molar-refractivity contribution is 7.86. The summed E-state index contributed by atoms with van der Waals surface area (Å²) in [6, 6.07) is 23.9. The van der Waals surface area contributed by atoms with Gasteiger partial charge in [0.15, 0.2) is 17.8 Å². The first-order valence-corrected chi connectivity index (χ1v) is 14.2. The molecule has 4 aromatic rings. The molecule has 0 amide bonds. The van der Waals surface area contributed by atoms with Crippen LogP contribution in [0.4, 0.5) is 5.69 Å². The van der Waals surface area contributed by atoms with Crippen molar-refractivity contribution in [3.8, 4) is 45.3 Å². The van der Waals surface area contributed by atoms with Crippen molar-refractivity contribution in [2.24, 2.45) is 0 Å². The van der Waals surface area contributed by atoms with E-state index in [-0.39, 0.29) is 23.7 Å². The minimum Gasteiger partial charge on any atom is -0.496 e. The van der Waals surface area contributed by atoms with Gasteiger partial charge in [0, 0.05) is 30.9 Å². The fourth-order valence-corrected chi connectivity index (χ4v) is 4.81. The molecule has 0 spiro atoms. The molecule has 4 rings (SSSR count). The van der Waals surface area contributed by atoms with E-state index >= 15 is 0 Å². The second-order valence-electron chi connectivity index (χ2n) is 9.23. The average Bonchev–Trinajstić information content (AvgIpc) is 2.95. The Labute approximate surface area is 234 Å². The van der Waals surface area contributed by atoms with Gasteiger partial charge >= 0.3 is 10.1 Å². The van der Waals surface area contributed by atoms with Gasteiger partial charge in [-0.3, -0.25) is 4.79 Å². The van der Waals surface area contributed by atoms with Crippen molar-refractivity contribution in [2.75, 3.05) is 39.5 Å². The molecule has 0 radical (unpaired) electrons. The van der Waals surface area contributed by atoms with Crippen molar-refractivity contribution in [3.63, 3.8) is 0 Å². The zero-order valence-corrected chi connectivity index (χ0v) is 23.8. The monoisotopic (exact) mass is 561 g/mol. The largest absolute Gasteiger partial charge is 0.496 e. The SMILES string of the molecule is COc1cc(-c2ccc(N(C)C)cc2)c(OC)c(C=O)c1-c1ccc(OCc2ccccc2)c(OS(C)(=O)=O)c1. The minimum atomic E-state index is -3.89. The van der Waals surface area contributed by atoms with Crippen LogP contribution < -0.4 is 23.3 Å². The number of benzene rings is 4. The van der Waals surface area contributed by atoms with E-state index in [1.165, 1.54) is 20.3 Å². The molecule has 4 aromatic carbocycles. The van der Waals surface area contributed by atoms with Crippen LogP contribution >= 0.6 is 0 Å². The van der Waals surface area contributed by atoms with Crippen LogP contribution in [0.15, 0.2) is 78.9 Å². The molecule has 0 saturated carbocycles. The molecule has 0 aliphatic heterocycles. The molecule has 40 heavy (non-hydrogen) atoms. The average molecular weight is 562 g/mol. The fourth-order valence-electron chi connectivity index (χ4n) is 4.35. The van der Waals surface area contributed by atoms with Gasteiger partial charge in [0.05, 0.1) is 26.0 Å². The lowest BCUT2D eigenvalue weighted by Gasteiger charge is -2.20. The van der Waals surface area contributed by atoms with Crippen LogP contribution in [0.3, 0.4) is 0 Å². The molecule has 0 saturated heterocycles. The van der Waals surface area contributed by atoms with Crippen LogP contribution in [0, 0.1) is 0 Å². The lowest BCUT2D eigenvalue weighted by atomic mass is 9.92. The van der Waals surface area contributed by atoms with Crippen molar-refractivity contribution in [3.05, 3.63) is 90.0 Å². The van der Waals surface area contributed by atoms with E-state index in [2.05, 4.69) is 0 Å². The summed E-state index contributed by atoms with van der Waals surface area (Å²) in [5.74, 6) is 0.975. The van der Waals surface area contributed by atoms with Gasteiger partial charge in [-0.1, -0.05) is 48.5 Å². The number of ether oxygens (including phenoxy) is 3. The van der Waals surface area contributed by atoms with E-state index in [4.69, 9.17) is 18.4 Å². The maximum Gasteiger partial charge on any atom is 0.306 e. The molecular formula is C31H31NO7S. The van der Waals surface area contributed by atoms with Crippen LogP contribution in [0.5, 0.6) is 23.0 Å². The van der Waals surface area contributed by atoms with Gasteiger partial charge in [-0.05, 0) is 47.0 Å². The second kappa shape index (κ2) is 12.1. The third-order valence-electron chi connectivity index (χ3n) is 6.23. The third kappa shape index (κ3) is 6.38. The summed E-state index contributed by atoms with van der Waals surface area (Å²) in [7, 11) is 3.02. The lowest BCUT2D eigenvalue weighted by molar-refractivity contribution is 0.112. The van der Waals surface area contributed by atoms with Crippen LogP contribution in [-0.2, 0) is 16.7 Å². The molecule has 0 atom stereocenters. The molecule has 0 bridgehead atoms. The number of hydrogen-bond donors (Lipinski definition) is 0. The Hall–Kier alpha value is -4.50. The topological polar surface area (TPSA) is 91.4 Å². The van der Waals surface area contributed by atoms with Gasteiger partial charge in [0.1, 0.15) is 18.1 Å². The summed E-state index contributed by atoms with van der Waals surface area (Å²) in [5.41, 5.74) is 4.59. The molecule has 0 N–H and O–H groups in total. The van der Waals surface area contributed by atoms with Gasteiger partial charge < -0.3 is 23.3 Å². The van der Waals surface area contributed by atoms with Crippen molar-refractivity contribution in [1.29, 1.82) is 0 Å². The Morgan fingerprint density at radius 3 is 2.05 bits per heavy atom. The molecule has 208 valence electrons. The van der Waals surface area contributed by atoms with E-state index in [1.54, 1.807) is 18.2 Å². The Bertz CT molecular complexity index is 1600. The summed E-state index contributed by atoms with van der Waals surface area (Å²) in [6.45, 7) is 0.207. The normalized spacial score (nSPS) is 11.0. The number of hydrogen-bond acceptors (Lipinski definition) is 8. The first kappa shape index (κ1) is 28.5. The molecule has 0 heterocycles. The molecule has 0 aliphatic carbocycles. The molecular weight excluding hydrogens is 530 g/mol. The zero-order valence-electron chi connectivity index (χ0n) is 23.0. The van der Waals surface area contributed by atoms with Crippen molar-refractivity contribution < 1.29 is 31.6 Å². The first-order valence-electron chi connectivity index (χ1n) is 12.4. The number of nitrogens with zero attached hydrogens (tertiary/aromatic N) is 1. The summed E-state index contributed by atoms with van der Waals surface area (Å²) in [6.07, 6.45) is 1.66. The van der Waals surface area contributed by atoms with Gasteiger partial charge in [0.25, 0.3) is 0 Å². The maximum atomic E-state index is 12.5. The van der Waals surface area contributed by atoms with Crippen LogP contribution in [0.25, 0.3) is 22.3 Å². The first-order chi connectivity index (χ1) is 19.1. The Kier molecular flexibility index (Phi) is 8.64. The summed E-state index contributed by atoms with van der Waals surface area (Å²) in [5, 5.41) is 0. The smallest absolute Gasteiger partial charge is 0.306 e. The Morgan fingerprint density at radius 2 is 1.48 bits per heavy atom. The third-order valence-corrected chi connectivity index (χ3v) is 6.71. The van der Waals surface area contributed by atoms with Gasteiger partial charge in [-0.25, -0.2) is 0 Å². The quantitative estimate of drug-likeness (QED) is 0.167. The number of anilines is 1. The number of methoxy groups -OCH3 is 2. The van der Waals surface area contributed by atoms with E-state index in [0.717, 1.165) is 23.1 Å². The maximum absolute atomic E-state index is 12.5. The van der Waals surface area contributed by atoms with Crippen LogP contribution in [0.2, 0.25) is 0 Å². The molecule has 0 aliphatic rings. The van der Waals surface area contributed by atoms with Crippen LogP contribution in [0.1, 0.15) is 15.9 Å². The van der Waals surface area contributed by atoms with E-state index in [0.29, 0.717) is 34.5 Å². The summed E-state index contributed by atoms with van der Waals surface area (Å²) < 4.78 is 46.9. The molecule has 9 heteroatoms. The summed E-state index contributed by atoms with van der Waals surface area (Å²) >= 11 is 0. The van der Waals surface area contributed by atoms with Gasteiger partial charge in [-0.2, -0.15) is 8.42 Å². The predicted octanol–water partition coefficient (Wildman–Crippen LogP) is 5.83. The van der Waals surface area contributed by atoms with E-state index in [1.807, 2.05) is 73.6 Å². The molecule has 0 unspecified atom stereocenters. The fraction of sp³-hybridized carbons (Fsp3) is 0.194. The highest BCUT2D eigenvalue weighted by Gasteiger charge is 2.23. The number of carbonyl (C=O) groups excluding carboxylic acids is 1. The number of rotatable bonds is 11. The highest BCUT2D eigenvalue weighted by Crippen LogP contribution is 2.46. The van der Waals surface area contributed by atoms with Gasteiger partial charge in [0.2, 0.25) is 0 Å². The second-order valence-corrected chi connectivity index (χ2v) is 10.8. The Balaban J connectivity index is 1.84. The van der Waals surface area contributed by atoms with E-state index < -0.39 is 10.1 Å². The van der Waals surface area contributed by atoms with E-state index in [9.17, 15) is 13.2 Å². The predicted molar refractivity (Wildman–Crippen MR) is 156 cm³/mol. The number of carbonyl (C=O) groups is 1.